The van der Waals surface area contributed by atoms with E-state index in [1.54, 1.807) is 0 Å². The molecule has 19 heavy (non-hydrogen) atoms. The van der Waals surface area contributed by atoms with Gasteiger partial charge in [-0.1, -0.05) is 0 Å². The molecule has 0 radical (unpaired) electrons. The summed E-state index contributed by atoms with van der Waals surface area (Å²) in [5.41, 5.74) is -0.115. The van der Waals surface area contributed by atoms with Gasteiger partial charge in [0, 0.05) is 27.5 Å². The molecular weight excluding hydrogens is 276 g/mol. The van der Waals surface area contributed by atoms with E-state index in [0.29, 0.717) is 0 Å². The zero-order valence-corrected chi connectivity index (χ0v) is 11.6. The van der Waals surface area contributed by atoms with Crippen molar-refractivity contribution in [3.8, 4) is 0 Å². The molecule has 0 unspecified atom stereocenters. The second kappa shape index (κ2) is 6.15. The number of aromatic nitrogens is 1. The van der Waals surface area contributed by atoms with Crippen LogP contribution in [-0.4, -0.2) is 51.1 Å². The maximum absolute atomic E-state index is 11.9. The molecule has 8 nitrogen and oxygen atoms in total. The lowest BCUT2D eigenvalue weighted by atomic mass is 10.4. The predicted octanol–water partition coefficient (Wildman–Crippen LogP) is -0.379. The van der Waals surface area contributed by atoms with E-state index < -0.39 is 22.3 Å². The van der Waals surface area contributed by atoms with Crippen molar-refractivity contribution in [2.24, 2.45) is 7.05 Å². The summed E-state index contributed by atoms with van der Waals surface area (Å²) in [5, 5.41) is 8.86. The van der Waals surface area contributed by atoms with Crippen molar-refractivity contribution in [2.45, 2.75) is 11.2 Å². The van der Waals surface area contributed by atoms with Gasteiger partial charge in [-0.15, -0.1) is 0 Å². The van der Waals surface area contributed by atoms with Gasteiger partial charge in [0.1, 0.15) is 10.6 Å². The van der Waals surface area contributed by atoms with Crippen LogP contribution in [0.1, 0.15) is 10.5 Å². The molecule has 1 aromatic heterocycles. The van der Waals surface area contributed by atoms with Gasteiger partial charge >= 0.3 is 5.97 Å². The fraction of sp³-hybridized carbons (Fsp3) is 0.500. The summed E-state index contributed by atoms with van der Waals surface area (Å²) in [5.74, 6) is -1.20. The Labute approximate surface area is 111 Å². The molecule has 108 valence electrons. The molecule has 1 rings (SSSR count). The predicted molar refractivity (Wildman–Crippen MR) is 65.4 cm³/mol. The van der Waals surface area contributed by atoms with Crippen molar-refractivity contribution in [1.82, 2.24) is 9.29 Å². The van der Waals surface area contributed by atoms with Crippen LogP contribution in [0.15, 0.2) is 17.2 Å². The number of aromatic carboxylic acids is 1. The molecule has 0 atom stereocenters. The molecular formula is C10H16N2O6S. The highest BCUT2D eigenvalue weighted by Crippen LogP contribution is 2.13. The lowest BCUT2D eigenvalue weighted by molar-refractivity contribution is -0.0960. The van der Waals surface area contributed by atoms with E-state index in [1.807, 2.05) is 0 Å². The fourth-order valence-corrected chi connectivity index (χ4v) is 2.50. The van der Waals surface area contributed by atoms with Gasteiger partial charge in [0.2, 0.25) is 10.0 Å². The summed E-state index contributed by atoms with van der Waals surface area (Å²) >= 11 is 0. The first kappa shape index (κ1) is 15.6. The molecule has 0 saturated carbocycles. The van der Waals surface area contributed by atoms with Crippen molar-refractivity contribution >= 4 is 16.0 Å². The third-order valence-corrected chi connectivity index (χ3v) is 3.87. The number of methoxy groups -OCH3 is 2. The number of sulfonamides is 1. The maximum atomic E-state index is 11.9. The normalized spacial score (nSPS) is 12.0. The van der Waals surface area contributed by atoms with Gasteiger partial charge in [-0.25, -0.2) is 17.9 Å². The van der Waals surface area contributed by atoms with Crippen molar-refractivity contribution in [1.29, 1.82) is 0 Å². The first-order valence-corrected chi connectivity index (χ1v) is 6.75. The minimum Gasteiger partial charge on any atom is -0.477 e. The zero-order valence-electron chi connectivity index (χ0n) is 10.8. The highest BCUT2D eigenvalue weighted by Gasteiger charge is 2.21. The van der Waals surface area contributed by atoms with Crippen molar-refractivity contribution in [3.05, 3.63) is 18.0 Å². The quantitative estimate of drug-likeness (QED) is 0.663. The molecule has 9 heteroatoms. The number of rotatable bonds is 7. The average Bonchev–Trinajstić information content (AvgIpc) is 2.73. The van der Waals surface area contributed by atoms with Crippen molar-refractivity contribution in [2.75, 3.05) is 20.8 Å². The van der Waals surface area contributed by atoms with Crippen LogP contribution in [-0.2, 0) is 26.5 Å². The Morgan fingerprint density at radius 2 is 2.05 bits per heavy atom. The Kier molecular flexibility index (Phi) is 5.06. The number of carbonyl (C=O) groups is 1. The van der Waals surface area contributed by atoms with Gasteiger partial charge in [0.05, 0.1) is 6.54 Å². The van der Waals surface area contributed by atoms with Crippen molar-refractivity contribution < 1.29 is 27.8 Å². The smallest absolute Gasteiger partial charge is 0.352 e. The highest BCUT2D eigenvalue weighted by molar-refractivity contribution is 7.89. The lowest BCUT2D eigenvalue weighted by Gasteiger charge is -2.13. The minimum absolute atomic E-state index is 0.0768. The van der Waals surface area contributed by atoms with Crippen LogP contribution in [0.5, 0.6) is 0 Å². The summed E-state index contributed by atoms with van der Waals surface area (Å²) in [6, 6.07) is 1.08. The number of ether oxygens (including phenoxy) is 2. The van der Waals surface area contributed by atoms with E-state index in [-0.39, 0.29) is 17.1 Å². The molecule has 0 saturated heterocycles. The summed E-state index contributed by atoms with van der Waals surface area (Å²) in [6.07, 6.45) is 0.512. The summed E-state index contributed by atoms with van der Waals surface area (Å²) < 4.78 is 37.1. The number of aryl methyl sites for hydroxylation is 1. The van der Waals surface area contributed by atoms with Crippen LogP contribution in [0.2, 0.25) is 0 Å². The van der Waals surface area contributed by atoms with Crippen LogP contribution in [0, 0.1) is 0 Å². The van der Waals surface area contributed by atoms with Crippen LogP contribution in [0.4, 0.5) is 0 Å². The summed E-state index contributed by atoms with van der Waals surface area (Å²) in [4.78, 5) is 10.7. The monoisotopic (exact) mass is 292 g/mol. The van der Waals surface area contributed by atoms with Crippen LogP contribution in [0.25, 0.3) is 0 Å². The van der Waals surface area contributed by atoms with Crippen molar-refractivity contribution in [3.63, 3.8) is 0 Å². The molecule has 0 fully saturated rings. The van der Waals surface area contributed by atoms with Gasteiger partial charge in [-0.2, -0.15) is 0 Å². The second-order valence-electron chi connectivity index (χ2n) is 3.73. The van der Waals surface area contributed by atoms with Gasteiger partial charge in [-0.05, 0) is 6.07 Å². The number of hydrogen-bond acceptors (Lipinski definition) is 5. The van der Waals surface area contributed by atoms with Gasteiger partial charge < -0.3 is 19.1 Å². The lowest BCUT2D eigenvalue weighted by Crippen LogP contribution is -2.34. The van der Waals surface area contributed by atoms with E-state index in [9.17, 15) is 13.2 Å². The zero-order chi connectivity index (χ0) is 14.6. The largest absolute Gasteiger partial charge is 0.477 e. The molecule has 1 heterocycles. The van der Waals surface area contributed by atoms with Crippen LogP contribution < -0.4 is 4.72 Å². The number of nitrogens with one attached hydrogen (secondary N) is 1. The molecule has 2 N–H and O–H groups in total. The van der Waals surface area contributed by atoms with Crippen LogP contribution in [0.3, 0.4) is 0 Å². The van der Waals surface area contributed by atoms with E-state index in [2.05, 4.69) is 4.72 Å². The Morgan fingerprint density at radius 3 is 2.47 bits per heavy atom. The SMILES string of the molecule is COC(CNS(=O)(=O)c1cc(C(=O)O)n(C)c1)OC. The van der Waals surface area contributed by atoms with E-state index in [0.717, 1.165) is 6.07 Å². The first-order chi connectivity index (χ1) is 8.81. The van der Waals surface area contributed by atoms with E-state index >= 15 is 0 Å². The Balaban J connectivity index is 2.89. The van der Waals surface area contributed by atoms with E-state index in [1.165, 1.54) is 32.0 Å². The molecule has 0 amide bonds. The number of carboxylic acids is 1. The number of nitrogens with zero attached hydrogens (tertiary/aromatic N) is 1. The molecule has 1 aromatic rings. The molecule has 0 spiro atoms. The molecule has 0 aromatic carbocycles. The number of hydrogen-bond donors (Lipinski definition) is 2. The van der Waals surface area contributed by atoms with Gasteiger partial charge in [-0.3, -0.25) is 0 Å². The maximum Gasteiger partial charge on any atom is 0.352 e. The minimum atomic E-state index is -3.80. The van der Waals surface area contributed by atoms with Crippen LogP contribution >= 0.6 is 0 Å². The molecule has 0 aliphatic heterocycles. The molecule has 0 aliphatic rings. The molecule has 0 aliphatic carbocycles. The Hall–Kier alpha value is -1.42. The summed E-state index contributed by atoms with van der Waals surface area (Å²) in [7, 11) is 0.414. The second-order valence-corrected chi connectivity index (χ2v) is 5.50. The molecule has 0 bridgehead atoms. The Bertz CT molecular complexity index is 546. The summed E-state index contributed by atoms with van der Waals surface area (Å²) in [6.45, 7) is -0.0768. The number of carboxylic acid groups (broad SMARTS) is 1. The first-order valence-electron chi connectivity index (χ1n) is 5.26. The third kappa shape index (κ3) is 3.77. The average molecular weight is 292 g/mol. The van der Waals surface area contributed by atoms with E-state index in [4.69, 9.17) is 14.6 Å². The van der Waals surface area contributed by atoms with Gasteiger partial charge in [0.25, 0.3) is 0 Å². The third-order valence-electron chi connectivity index (χ3n) is 2.48. The highest BCUT2D eigenvalue weighted by atomic mass is 32.2. The van der Waals surface area contributed by atoms with Gasteiger partial charge in [0.15, 0.2) is 6.29 Å². The fourth-order valence-electron chi connectivity index (χ4n) is 1.42. The Morgan fingerprint density at radius 1 is 1.47 bits per heavy atom. The standard InChI is InChI=1S/C10H16N2O6S/c1-12-6-7(4-8(12)10(13)14)19(15,16)11-5-9(17-2)18-3/h4,6,9,11H,5H2,1-3H3,(H,13,14). The topological polar surface area (TPSA) is 107 Å².